The maximum atomic E-state index is 4.17. The van der Waals surface area contributed by atoms with Crippen molar-refractivity contribution in [3.63, 3.8) is 0 Å². The van der Waals surface area contributed by atoms with E-state index in [0.29, 0.717) is 0 Å². The van der Waals surface area contributed by atoms with Crippen molar-refractivity contribution in [1.29, 1.82) is 0 Å². The van der Waals surface area contributed by atoms with Crippen LogP contribution in [0.3, 0.4) is 0 Å². The summed E-state index contributed by atoms with van der Waals surface area (Å²) in [6, 6.07) is 0. The Bertz CT molecular complexity index is 477. The molecule has 0 amide bonds. The lowest BCUT2D eigenvalue weighted by Crippen LogP contribution is -2.42. The summed E-state index contributed by atoms with van der Waals surface area (Å²) < 4.78 is 1.14. The summed E-state index contributed by atoms with van der Waals surface area (Å²) in [6.45, 7) is 19.2. The molecule has 0 aliphatic carbocycles. The average molecular weight is 433 g/mol. The number of hydrogen-bond donors (Lipinski definition) is 0. The first-order valence-corrected chi connectivity index (χ1v) is 13.8. The molecule has 31 heavy (non-hydrogen) atoms. The van der Waals surface area contributed by atoms with Gasteiger partial charge in [-0.3, -0.25) is 9.38 Å². The number of nitrogens with zero attached hydrogens (tertiary/aromatic N) is 3. The van der Waals surface area contributed by atoms with Crippen LogP contribution in [-0.2, 0) is 0 Å². The van der Waals surface area contributed by atoms with Crippen LogP contribution in [0.5, 0.6) is 0 Å². The molecule has 0 saturated carbocycles. The largest absolute Gasteiger partial charge is 0.378 e. The van der Waals surface area contributed by atoms with Gasteiger partial charge in [0.2, 0.25) is 0 Å². The van der Waals surface area contributed by atoms with Gasteiger partial charge in [-0.25, -0.2) is 0 Å². The second kappa shape index (κ2) is 15.9. The van der Waals surface area contributed by atoms with Crippen molar-refractivity contribution >= 4 is 0 Å². The SMILES string of the molecule is C=CN1CCCC(CCCCCCCCCCN2CC[N+](C=C)(CCCCCC)C2)C1. The number of hydrogen-bond acceptors (Lipinski definition) is 2. The van der Waals surface area contributed by atoms with Gasteiger partial charge in [-0.15, -0.1) is 0 Å². The van der Waals surface area contributed by atoms with Crippen molar-refractivity contribution in [2.45, 2.75) is 103 Å². The van der Waals surface area contributed by atoms with Gasteiger partial charge in [0.25, 0.3) is 0 Å². The highest BCUT2D eigenvalue weighted by molar-refractivity contribution is 4.79. The van der Waals surface area contributed by atoms with E-state index in [2.05, 4.69) is 36.1 Å². The summed E-state index contributed by atoms with van der Waals surface area (Å²) in [5.41, 5.74) is 0. The van der Waals surface area contributed by atoms with Crippen LogP contribution in [0, 0.1) is 5.92 Å². The number of quaternary nitrogens is 1. The summed E-state index contributed by atoms with van der Waals surface area (Å²) in [5.74, 6) is 0.923. The van der Waals surface area contributed by atoms with Crippen molar-refractivity contribution in [1.82, 2.24) is 9.80 Å². The second-order valence-electron chi connectivity index (χ2n) is 10.5. The molecule has 2 rings (SSSR count). The molecule has 0 aromatic heterocycles. The highest BCUT2D eigenvalue weighted by Gasteiger charge is 2.33. The van der Waals surface area contributed by atoms with Crippen molar-refractivity contribution < 1.29 is 4.48 Å². The van der Waals surface area contributed by atoms with Gasteiger partial charge in [0, 0.05) is 19.6 Å². The summed E-state index contributed by atoms with van der Waals surface area (Å²) in [4.78, 5) is 5.11. The van der Waals surface area contributed by atoms with E-state index in [1.165, 1.54) is 142 Å². The molecule has 2 aliphatic heterocycles. The first-order chi connectivity index (χ1) is 15.2. The molecule has 2 unspecified atom stereocenters. The zero-order chi connectivity index (χ0) is 22.2. The van der Waals surface area contributed by atoms with E-state index >= 15 is 0 Å². The molecule has 0 bridgehead atoms. The van der Waals surface area contributed by atoms with E-state index in [-0.39, 0.29) is 0 Å². The van der Waals surface area contributed by atoms with Crippen LogP contribution in [0.1, 0.15) is 103 Å². The van der Waals surface area contributed by atoms with Crippen LogP contribution in [0.15, 0.2) is 25.6 Å². The first-order valence-electron chi connectivity index (χ1n) is 13.8. The maximum absolute atomic E-state index is 4.17. The van der Waals surface area contributed by atoms with Crippen molar-refractivity contribution in [3.05, 3.63) is 25.6 Å². The van der Waals surface area contributed by atoms with Gasteiger partial charge in [0.1, 0.15) is 6.67 Å². The molecular formula is C28H54N3+. The third-order valence-corrected chi connectivity index (χ3v) is 7.83. The molecule has 2 fully saturated rings. The number of likely N-dealkylation sites (tertiary alicyclic amines) is 1. The van der Waals surface area contributed by atoms with Gasteiger partial charge in [-0.05, 0) is 57.2 Å². The summed E-state index contributed by atoms with van der Waals surface area (Å²) >= 11 is 0. The first kappa shape index (κ1) is 26.5. The zero-order valence-electron chi connectivity index (χ0n) is 21.0. The highest BCUT2D eigenvalue weighted by atomic mass is 15.5. The molecule has 2 heterocycles. The fourth-order valence-electron chi connectivity index (χ4n) is 5.67. The van der Waals surface area contributed by atoms with Gasteiger partial charge in [0.15, 0.2) is 0 Å². The van der Waals surface area contributed by atoms with E-state index in [1.807, 2.05) is 6.20 Å². The molecule has 0 spiro atoms. The van der Waals surface area contributed by atoms with Gasteiger partial charge < -0.3 is 4.90 Å². The molecule has 3 heteroatoms. The van der Waals surface area contributed by atoms with Crippen LogP contribution < -0.4 is 0 Å². The Labute approximate surface area is 195 Å². The van der Waals surface area contributed by atoms with Crippen molar-refractivity contribution in [2.75, 3.05) is 45.9 Å². The van der Waals surface area contributed by atoms with Crippen LogP contribution in [0.2, 0.25) is 0 Å². The van der Waals surface area contributed by atoms with Crippen LogP contribution in [-0.4, -0.2) is 60.2 Å². The molecular weight excluding hydrogens is 378 g/mol. The Kier molecular flexibility index (Phi) is 13.6. The van der Waals surface area contributed by atoms with Crippen molar-refractivity contribution in [3.8, 4) is 0 Å². The minimum atomic E-state index is 0.923. The smallest absolute Gasteiger partial charge is 0.139 e. The molecule has 2 saturated heterocycles. The lowest BCUT2D eigenvalue weighted by Gasteiger charge is -2.31. The van der Waals surface area contributed by atoms with E-state index in [4.69, 9.17) is 0 Å². The van der Waals surface area contributed by atoms with Crippen molar-refractivity contribution in [2.24, 2.45) is 5.92 Å². The third kappa shape index (κ3) is 10.6. The highest BCUT2D eigenvalue weighted by Crippen LogP contribution is 2.23. The third-order valence-electron chi connectivity index (χ3n) is 7.83. The molecule has 0 radical (unpaired) electrons. The summed E-state index contributed by atoms with van der Waals surface area (Å²) in [7, 11) is 0. The maximum Gasteiger partial charge on any atom is 0.139 e. The zero-order valence-corrected chi connectivity index (χ0v) is 21.0. The minimum Gasteiger partial charge on any atom is -0.378 e. The van der Waals surface area contributed by atoms with Gasteiger partial charge >= 0.3 is 0 Å². The number of piperidine rings is 1. The van der Waals surface area contributed by atoms with E-state index in [0.717, 1.165) is 10.4 Å². The molecule has 3 nitrogen and oxygen atoms in total. The fourth-order valence-corrected chi connectivity index (χ4v) is 5.67. The molecule has 180 valence electrons. The Hall–Kier alpha value is -0.800. The average Bonchev–Trinajstić information content (AvgIpc) is 3.22. The summed E-state index contributed by atoms with van der Waals surface area (Å²) in [5, 5.41) is 0. The van der Waals surface area contributed by atoms with Crippen LogP contribution in [0.4, 0.5) is 0 Å². The van der Waals surface area contributed by atoms with E-state index in [9.17, 15) is 0 Å². The van der Waals surface area contributed by atoms with Gasteiger partial charge in [-0.1, -0.05) is 71.3 Å². The molecule has 0 N–H and O–H groups in total. The molecule has 2 aliphatic rings. The Balaban J connectivity index is 1.40. The fraction of sp³-hybridized carbons (Fsp3) is 0.857. The quantitative estimate of drug-likeness (QED) is 0.167. The predicted octanol–water partition coefficient (Wildman–Crippen LogP) is 7.17. The molecule has 2 atom stereocenters. The Morgan fingerprint density at radius 1 is 0.871 bits per heavy atom. The standard InChI is InChI=1S/C28H54N3/c1-4-7-8-17-24-31(6-3)25-23-30(27-31)21-16-14-12-10-9-11-13-15-19-28-20-18-22-29(5-2)26-28/h5-6,28H,2-4,7-27H2,1H3/q+1. The molecule has 0 aromatic carbocycles. The monoisotopic (exact) mass is 432 g/mol. The summed E-state index contributed by atoms with van der Waals surface area (Å²) in [6.07, 6.45) is 25.4. The second-order valence-corrected chi connectivity index (χ2v) is 10.5. The Morgan fingerprint density at radius 3 is 2.29 bits per heavy atom. The Morgan fingerprint density at radius 2 is 1.58 bits per heavy atom. The lowest BCUT2D eigenvalue weighted by molar-refractivity contribution is -0.871. The topological polar surface area (TPSA) is 6.48 Å². The minimum absolute atomic E-state index is 0.923. The van der Waals surface area contributed by atoms with E-state index in [1.54, 1.807) is 0 Å². The van der Waals surface area contributed by atoms with Crippen LogP contribution >= 0.6 is 0 Å². The normalized spacial score (nSPS) is 24.5. The predicted molar refractivity (Wildman–Crippen MR) is 137 cm³/mol. The van der Waals surface area contributed by atoms with Gasteiger partial charge in [0.05, 0.1) is 25.8 Å². The number of unbranched alkanes of at least 4 members (excludes halogenated alkanes) is 10. The molecule has 0 aromatic rings. The van der Waals surface area contributed by atoms with Crippen LogP contribution in [0.25, 0.3) is 0 Å². The van der Waals surface area contributed by atoms with E-state index < -0.39 is 0 Å². The number of rotatable bonds is 18. The van der Waals surface area contributed by atoms with Gasteiger partial charge in [-0.2, -0.15) is 0 Å². The lowest BCUT2D eigenvalue weighted by atomic mass is 9.92.